The van der Waals surface area contributed by atoms with Crippen LogP contribution in [0.4, 0.5) is 0 Å². The molecule has 0 aromatic heterocycles. The van der Waals surface area contributed by atoms with Crippen LogP contribution < -0.4 is 5.32 Å². The SMILES string of the molecule is CCCCCCCCCCCCCCCCCC(=O)NC(COC(=O)CCCCCCCCCCCCCCCCC)C(=O)OCCOCCOC. The number of hydrogen-bond acceptors (Lipinski definition) is 7. The number of carbonyl (C=O) groups is 3. The fourth-order valence-corrected chi connectivity index (χ4v) is 6.53. The summed E-state index contributed by atoms with van der Waals surface area (Å²) in [6.07, 6.45) is 38.7. The normalized spacial score (nSPS) is 11.8. The number of methoxy groups -OCH3 is 1. The smallest absolute Gasteiger partial charge is 0.332 e. The lowest BCUT2D eigenvalue weighted by Crippen LogP contribution is -2.45. The Bertz CT molecular complexity index is 778. The highest BCUT2D eigenvalue weighted by atomic mass is 16.6. The van der Waals surface area contributed by atoms with Crippen molar-refractivity contribution in [3.63, 3.8) is 0 Å². The predicted molar refractivity (Wildman–Crippen MR) is 216 cm³/mol. The van der Waals surface area contributed by atoms with Crippen LogP contribution in [0.3, 0.4) is 0 Å². The molecule has 308 valence electrons. The molecular weight excluding hydrogens is 654 g/mol. The van der Waals surface area contributed by atoms with E-state index < -0.39 is 12.0 Å². The van der Waals surface area contributed by atoms with E-state index in [-0.39, 0.29) is 31.7 Å². The zero-order chi connectivity index (χ0) is 38.0. The Kier molecular flexibility index (Phi) is 40.7. The molecule has 0 aliphatic rings. The van der Waals surface area contributed by atoms with Crippen LogP contribution in [0.1, 0.15) is 219 Å². The van der Waals surface area contributed by atoms with Crippen molar-refractivity contribution in [3.8, 4) is 0 Å². The van der Waals surface area contributed by atoms with Crippen LogP contribution in [0.15, 0.2) is 0 Å². The number of carbonyl (C=O) groups excluding carboxylic acids is 3. The van der Waals surface area contributed by atoms with E-state index >= 15 is 0 Å². The van der Waals surface area contributed by atoms with Gasteiger partial charge in [0.15, 0.2) is 6.04 Å². The summed E-state index contributed by atoms with van der Waals surface area (Å²) in [6.45, 7) is 5.47. The first kappa shape index (κ1) is 50.3. The minimum atomic E-state index is -1.02. The minimum Gasteiger partial charge on any atom is -0.463 e. The van der Waals surface area contributed by atoms with Crippen molar-refractivity contribution >= 4 is 17.8 Å². The maximum Gasteiger partial charge on any atom is 0.332 e. The van der Waals surface area contributed by atoms with Crippen LogP contribution in [0.2, 0.25) is 0 Å². The van der Waals surface area contributed by atoms with Gasteiger partial charge in [-0.15, -0.1) is 0 Å². The molecule has 0 spiro atoms. The van der Waals surface area contributed by atoms with Crippen molar-refractivity contribution < 1.29 is 33.3 Å². The van der Waals surface area contributed by atoms with Gasteiger partial charge in [-0.1, -0.05) is 194 Å². The Balaban J connectivity index is 4.13. The highest BCUT2D eigenvalue weighted by molar-refractivity contribution is 5.84. The number of unbranched alkanes of at least 4 members (excludes halogenated alkanes) is 28. The van der Waals surface area contributed by atoms with E-state index in [1.165, 1.54) is 154 Å². The van der Waals surface area contributed by atoms with Crippen molar-refractivity contribution in [1.29, 1.82) is 0 Å². The van der Waals surface area contributed by atoms with Gasteiger partial charge in [-0.25, -0.2) is 4.79 Å². The van der Waals surface area contributed by atoms with Gasteiger partial charge in [0.25, 0.3) is 0 Å². The first-order valence-corrected chi connectivity index (χ1v) is 22.2. The minimum absolute atomic E-state index is 0.0566. The molecule has 8 nitrogen and oxygen atoms in total. The molecule has 1 amide bonds. The Morgan fingerprint density at radius 3 is 1.21 bits per heavy atom. The van der Waals surface area contributed by atoms with Gasteiger partial charge in [0, 0.05) is 20.0 Å². The fraction of sp³-hybridized carbons (Fsp3) is 0.932. The zero-order valence-electron chi connectivity index (χ0n) is 34.6. The molecule has 0 aromatic rings. The molecule has 52 heavy (non-hydrogen) atoms. The van der Waals surface area contributed by atoms with Crippen LogP contribution in [0.5, 0.6) is 0 Å². The Hall–Kier alpha value is -1.67. The summed E-state index contributed by atoms with van der Waals surface area (Å²) in [5.41, 5.74) is 0. The lowest BCUT2D eigenvalue weighted by Gasteiger charge is -2.18. The molecule has 0 radical (unpaired) electrons. The topological polar surface area (TPSA) is 100 Å². The highest BCUT2D eigenvalue weighted by Gasteiger charge is 2.24. The third kappa shape index (κ3) is 38.1. The molecule has 0 aliphatic heterocycles. The van der Waals surface area contributed by atoms with Crippen molar-refractivity contribution in [2.75, 3.05) is 40.1 Å². The summed E-state index contributed by atoms with van der Waals surface area (Å²) in [5, 5.41) is 2.75. The quantitative estimate of drug-likeness (QED) is 0.0491. The Morgan fingerprint density at radius 2 is 0.808 bits per heavy atom. The van der Waals surface area contributed by atoms with Crippen molar-refractivity contribution in [1.82, 2.24) is 5.32 Å². The number of amides is 1. The monoisotopic (exact) mass is 740 g/mol. The molecule has 0 aliphatic carbocycles. The second-order valence-corrected chi connectivity index (χ2v) is 15.0. The van der Waals surface area contributed by atoms with Crippen LogP contribution in [0.25, 0.3) is 0 Å². The summed E-state index contributed by atoms with van der Waals surface area (Å²) >= 11 is 0. The summed E-state index contributed by atoms with van der Waals surface area (Å²) in [5.74, 6) is -1.17. The number of nitrogens with one attached hydrogen (secondary N) is 1. The first-order valence-electron chi connectivity index (χ1n) is 22.2. The van der Waals surface area contributed by atoms with Gasteiger partial charge >= 0.3 is 11.9 Å². The van der Waals surface area contributed by atoms with E-state index in [1.54, 1.807) is 7.11 Å². The molecule has 1 unspecified atom stereocenters. The van der Waals surface area contributed by atoms with Gasteiger partial charge in [0.2, 0.25) is 5.91 Å². The summed E-state index contributed by atoms with van der Waals surface area (Å²) in [7, 11) is 1.59. The molecule has 0 fully saturated rings. The standard InChI is InChI=1S/C44H85NO7/c1-4-6-8-10-12-14-16-18-20-22-24-26-28-30-32-34-42(46)45-41(44(48)51-39-38-50-37-36-49-3)40-52-43(47)35-33-31-29-27-25-23-21-19-17-15-13-11-9-7-5-2/h41H,4-40H2,1-3H3,(H,45,46). The van der Waals surface area contributed by atoms with Crippen molar-refractivity contribution in [3.05, 3.63) is 0 Å². The van der Waals surface area contributed by atoms with Gasteiger partial charge in [0.05, 0.1) is 19.8 Å². The number of ether oxygens (including phenoxy) is 4. The van der Waals surface area contributed by atoms with Crippen LogP contribution in [0, 0.1) is 0 Å². The Labute approximate surface area is 321 Å². The average molecular weight is 740 g/mol. The van der Waals surface area contributed by atoms with E-state index in [2.05, 4.69) is 19.2 Å². The highest BCUT2D eigenvalue weighted by Crippen LogP contribution is 2.15. The molecule has 0 aromatic carbocycles. The lowest BCUT2D eigenvalue weighted by atomic mass is 10.0. The summed E-state index contributed by atoms with van der Waals surface area (Å²) < 4.78 is 21.1. The van der Waals surface area contributed by atoms with E-state index in [9.17, 15) is 14.4 Å². The largest absolute Gasteiger partial charge is 0.463 e. The van der Waals surface area contributed by atoms with Crippen LogP contribution in [-0.2, 0) is 33.3 Å². The number of rotatable bonds is 42. The second-order valence-electron chi connectivity index (χ2n) is 15.0. The van der Waals surface area contributed by atoms with Gasteiger partial charge in [0.1, 0.15) is 13.2 Å². The van der Waals surface area contributed by atoms with Gasteiger partial charge in [-0.05, 0) is 12.8 Å². The van der Waals surface area contributed by atoms with Gasteiger partial charge < -0.3 is 24.3 Å². The Morgan fingerprint density at radius 1 is 0.442 bits per heavy atom. The molecule has 0 saturated carbocycles. The second kappa shape index (κ2) is 42.1. The molecule has 1 atom stereocenters. The zero-order valence-corrected chi connectivity index (χ0v) is 34.6. The van der Waals surface area contributed by atoms with E-state index in [1.807, 2.05) is 0 Å². The number of esters is 2. The average Bonchev–Trinajstić information content (AvgIpc) is 3.14. The lowest BCUT2D eigenvalue weighted by molar-refractivity contribution is -0.155. The van der Waals surface area contributed by atoms with E-state index in [0.29, 0.717) is 26.1 Å². The molecule has 8 heteroatoms. The molecular formula is C44H85NO7. The fourth-order valence-electron chi connectivity index (χ4n) is 6.53. The molecule has 0 rings (SSSR count). The van der Waals surface area contributed by atoms with Gasteiger partial charge in [-0.2, -0.15) is 0 Å². The van der Waals surface area contributed by atoms with E-state index in [0.717, 1.165) is 38.5 Å². The molecule has 0 saturated heterocycles. The van der Waals surface area contributed by atoms with E-state index in [4.69, 9.17) is 18.9 Å². The van der Waals surface area contributed by atoms with Crippen molar-refractivity contribution in [2.45, 2.75) is 225 Å². The summed E-state index contributed by atoms with van der Waals surface area (Å²) in [4.78, 5) is 38.0. The third-order valence-electron chi connectivity index (χ3n) is 9.93. The van der Waals surface area contributed by atoms with Crippen molar-refractivity contribution in [2.24, 2.45) is 0 Å². The first-order chi connectivity index (χ1) is 25.5. The van der Waals surface area contributed by atoms with Gasteiger partial charge in [-0.3, -0.25) is 9.59 Å². The third-order valence-corrected chi connectivity index (χ3v) is 9.93. The molecule has 0 bridgehead atoms. The molecule has 0 heterocycles. The number of hydrogen-bond donors (Lipinski definition) is 1. The maximum atomic E-state index is 12.8. The van der Waals surface area contributed by atoms with Crippen LogP contribution >= 0.6 is 0 Å². The molecule has 1 N–H and O–H groups in total. The maximum absolute atomic E-state index is 12.8. The predicted octanol–water partition coefficient (Wildman–Crippen LogP) is 11.7. The van der Waals surface area contributed by atoms with Crippen LogP contribution in [-0.4, -0.2) is 64.0 Å². The summed E-state index contributed by atoms with van der Waals surface area (Å²) in [6, 6.07) is -1.02.